The molecular weight excluding hydrogens is 432 g/mol. The zero-order chi connectivity index (χ0) is 22.4. The maximum Gasteiger partial charge on any atom is 0.227 e. The van der Waals surface area contributed by atoms with E-state index in [4.69, 9.17) is 16.3 Å². The van der Waals surface area contributed by atoms with Gasteiger partial charge in [0.2, 0.25) is 5.91 Å². The second-order valence-electron chi connectivity index (χ2n) is 9.35. The molecule has 4 nitrogen and oxygen atoms in total. The van der Waals surface area contributed by atoms with E-state index in [-0.39, 0.29) is 18.1 Å². The highest BCUT2D eigenvalue weighted by atomic mass is 35.5. The van der Waals surface area contributed by atoms with Crippen molar-refractivity contribution in [1.82, 2.24) is 4.90 Å². The van der Waals surface area contributed by atoms with Crippen molar-refractivity contribution in [3.63, 3.8) is 0 Å². The number of benzene rings is 3. The molecule has 33 heavy (non-hydrogen) atoms. The summed E-state index contributed by atoms with van der Waals surface area (Å²) in [6.07, 6.45) is 2.40. The number of anilines is 1. The summed E-state index contributed by atoms with van der Waals surface area (Å²) in [7, 11) is 0. The molecule has 0 aliphatic carbocycles. The van der Waals surface area contributed by atoms with Crippen molar-refractivity contribution >= 4 is 23.2 Å². The molecule has 1 fully saturated rings. The second-order valence-corrected chi connectivity index (χ2v) is 9.79. The van der Waals surface area contributed by atoms with Crippen LogP contribution < -0.4 is 5.32 Å². The molecule has 168 valence electrons. The van der Waals surface area contributed by atoms with E-state index in [1.807, 2.05) is 23.1 Å². The summed E-state index contributed by atoms with van der Waals surface area (Å²) in [6, 6.07) is 23.1. The van der Waals surface area contributed by atoms with Gasteiger partial charge in [-0.25, -0.2) is 0 Å². The quantitative estimate of drug-likeness (QED) is 0.546. The van der Waals surface area contributed by atoms with E-state index in [9.17, 15) is 4.79 Å². The average molecular weight is 459 g/mol. The second kappa shape index (κ2) is 8.51. The van der Waals surface area contributed by atoms with Gasteiger partial charge in [0, 0.05) is 41.9 Å². The van der Waals surface area contributed by atoms with Gasteiger partial charge in [0.1, 0.15) is 0 Å². The van der Waals surface area contributed by atoms with Crippen LogP contribution in [0, 0.1) is 5.92 Å². The van der Waals surface area contributed by atoms with Crippen molar-refractivity contribution in [3.05, 3.63) is 99.6 Å². The number of nitrogens with zero attached hydrogens (tertiary/aromatic N) is 1. The van der Waals surface area contributed by atoms with Gasteiger partial charge in [-0.3, -0.25) is 4.79 Å². The predicted molar refractivity (Wildman–Crippen MR) is 130 cm³/mol. The van der Waals surface area contributed by atoms with Crippen molar-refractivity contribution in [2.75, 3.05) is 18.5 Å². The lowest BCUT2D eigenvalue weighted by atomic mass is 9.80. The van der Waals surface area contributed by atoms with Crippen LogP contribution in [0.1, 0.15) is 46.4 Å². The normalized spacial score (nSPS) is 23.3. The Bertz CT molecular complexity index is 1210. The van der Waals surface area contributed by atoms with Gasteiger partial charge >= 0.3 is 0 Å². The smallest absolute Gasteiger partial charge is 0.227 e. The number of halogens is 1. The molecule has 3 atom stereocenters. The van der Waals surface area contributed by atoms with E-state index >= 15 is 0 Å². The lowest BCUT2D eigenvalue weighted by Gasteiger charge is -2.37. The minimum absolute atomic E-state index is 0.0437. The number of amides is 1. The van der Waals surface area contributed by atoms with Crippen LogP contribution in [-0.2, 0) is 28.9 Å². The number of ether oxygens (including phenoxy) is 1. The molecule has 0 saturated carbocycles. The highest BCUT2D eigenvalue weighted by Gasteiger charge is 2.41. The Morgan fingerprint density at radius 2 is 1.94 bits per heavy atom. The van der Waals surface area contributed by atoms with Crippen molar-refractivity contribution in [1.29, 1.82) is 0 Å². The van der Waals surface area contributed by atoms with Crippen molar-refractivity contribution in [2.24, 2.45) is 5.92 Å². The van der Waals surface area contributed by atoms with Crippen LogP contribution in [0.3, 0.4) is 0 Å². The van der Waals surface area contributed by atoms with Crippen molar-refractivity contribution in [2.45, 2.75) is 38.0 Å². The van der Waals surface area contributed by atoms with E-state index in [0.717, 1.165) is 42.3 Å². The van der Waals surface area contributed by atoms with Crippen LogP contribution in [0.25, 0.3) is 0 Å². The molecule has 0 radical (unpaired) electrons. The predicted octanol–water partition coefficient (Wildman–Crippen LogP) is 5.71. The Hall–Kier alpha value is -2.82. The summed E-state index contributed by atoms with van der Waals surface area (Å²) < 4.78 is 6.21. The molecule has 6 rings (SSSR count). The fourth-order valence-corrected chi connectivity index (χ4v) is 5.86. The van der Waals surface area contributed by atoms with Gasteiger partial charge in [0.05, 0.1) is 18.6 Å². The zero-order valence-corrected chi connectivity index (χ0v) is 19.2. The van der Waals surface area contributed by atoms with Gasteiger partial charge in [-0.1, -0.05) is 60.1 Å². The molecule has 0 bridgehead atoms. The van der Waals surface area contributed by atoms with Gasteiger partial charge in [-0.2, -0.15) is 0 Å². The molecule has 0 spiro atoms. The van der Waals surface area contributed by atoms with Gasteiger partial charge in [0.15, 0.2) is 0 Å². The first-order valence-electron chi connectivity index (χ1n) is 11.8. The first-order valence-corrected chi connectivity index (χ1v) is 12.1. The largest absolute Gasteiger partial charge is 0.378 e. The zero-order valence-electron chi connectivity index (χ0n) is 18.5. The number of nitrogens with one attached hydrogen (secondary N) is 1. The maximum atomic E-state index is 13.1. The standard InChI is InChI=1S/C28H27ClN2O2/c29-22-7-3-6-20(16-22)27-23-11-13-33-28(23)24-14-18(8-9-25(24)30-27)15-26(32)31-12-10-19-4-1-2-5-21(19)17-31/h1-9,14,16,23,27-28,30H,10-13,15,17H2. The van der Waals surface area contributed by atoms with Gasteiger partial charge in [-0.15, -0.1) is 0 Å². The molecule has 3 aromatic rings. The summed E-state index contributed by atoms with van der Waals surface area (Å²) in [6.45, 7) is 2.25. The van der Waals surface area contributed by atoms with E-state index in [2.05, 4.69) is 53.8 Å². The minimum atomic E-state index is 0.0437. The molecular formula is C28H27ClN2O2. The van der Waals surface area contributed by atoms with Gasteiger partial charge in [-0.05, 0) is 53.3 Å². The third-order valence-electron chi connectivity index (χ3n) is 7.35. The molecule has 3 aliphatic heterocycles. The maximum absolute atomic E-state index is 13.1. The number of hydrogen-bond donors (Lipinski definition) is 1. The molecule has 1 amide bonds. The first-order chi connectivity index (χ1) is 16.2. The fourth-order valence-electron chi connectivity index (χ4n) is 5.66. The lowest BCUT2D eigenvalue weighted by molar-refractivity contribution is -0.131. The van der Waals surface area contributed by atoms with Crippen LogP contribution in [0.2, 0.25) is 5.02 Å². The molecule has 3 unspecified atom stereocenters. The third kappa shape index (κ3) is 3.92. The summed E-state index contributed by atoms with van der Waals surface area (Å²) >= 11 is 6.27. The molecule has 1 N–H and O–H groups in total. The summed E-state index contributed by atoms with van der Waals surface area (Å²) in [5.41, 5.74) is 7.13. The van der Waals surface area contributed by atoms with Crippen LogP contribution in [0.4, 0.5) is 5.69 Å². The van der Waals surface area contributed by atoms with Crippen LogP contribution in [-0.4, -0.2) is 24.0 Å². The SMILES string of the molecule is O=C(Cc1ccc2c(c1)C1OCCC1C(c1cccc(Cl)c1)N2)N1CCc2ccccc2C1. The van der Waals surface area contributed by atoms with E-state index in [1.165, 1.54) is 22.3 Å². The highest BCUT2D eigenvalue weighted by molar-refractivity contribution is 6.30. The Kier molecular flexibility index (Phi) is 5.35. The Morgan fingerprint density at radius 1 is 1.06 bits per heavy atom. The topological polar surface area (TPSA) is 41.6 Å². The lowest BCUT2D eigenvalue weighted by Crippen LogP contribution is -2.37. The fraction of sp³-hybridized carbons (Fsp3) is 0.321. The monoisotopic (exact) mass is 458 g/mol. The summed E-state index contributed by atoms with van der Waals surface area (Å²) in [5, 5.41) is 4.49. The molecule has 0 aromatic heterocycles. The van der Waals surface area contributed by atoms with Crippen molar-refractivity contribution in [3.8, 4) is 0 Å². The van der Waals surface area contributed by atoms with Crippen LogP contribution in [0.5, 0.6) is 0 Å². The summed E-state index contributed by atoms with van der Waals surface area (Å²) in [5.74, 6) is 0.537. The molecule has 3 aromatic carbocycles. The van der Waals surface area contributed by atoms with Gasteiger partial charge in [0.25, 0.3) is 0 Å². The minimum Gasteiger partial charge on any atom is -0.378 e. The molecule has 3 aliphatic rings. The van der Waals surface area contributed by atoms with E-state index in [0.29, 0.717) is 18.9 Å². The molecule has 1 saturated heterocycles. The van der Waals surface area contributed by atoms with Crippen LogP contribution >= 0.6 is 11.6 Å². The molecule has 5 heteroatoms. The Labute approximate surface area is 199 Å². The van der Waals surface area contributed by atoms with Gasteiger partial charge < -0.3 is 15.0 Å². The van der Waals surface area contributed by atoms with Crippen LogP contribution in [0.15, 0.2) is 66.7 Å². The highest BCUT2D eigenvalue weighted by Crippen LogP contribution is 2.50. The van der Waals surface area contributed by atoms with E-state index < -0.39 is 0 Å². The van der Waals surface area contributed by atoms with E-state index in [1.54, 1.807) is 0 Å². The van der Waals surface area contributed by atoms with Crippen molar-refractivity contribution < 1.29 is 9.53 Å². The first kappa shape index (κ1) is 20.8. The third-order valence-corrected chi connectivity index (χ3v) is 7.58. The molecule has 3 heterocycles. The Balaban J connectivity index is 1.22. The summed E-state index contributed by atoms with van der Waals surface area (Å²) in [4.78, 5) is 15.1. The number of carbonyl (C=O) groups excluding carboxylic acids is 1. The number of hydrogen-bond acceptors (Lipinski definition) is 3. The number of fused-ring (bicyclic) bond motifs is 4. The Morgan fingerprint density at radius 3 is 2.82 bits per heavy atom. The average Bonchev–Trinajstić information content (AvgIpc) is 3.34. The number of rotatable bonds is 3. The number of carbonyl (C=O) groups is 1.